The fraction of sp³-hybridized carbons (Fsp3) is 0.250. The molecule has 0 aliphatic carbocycles. The van der Waals surface area contributed by atoms with Crippen molar-refractivity contribution in [3.63, 3.8) is 0 Å². The largest absolute Gasteiger partial charge is 0.496 e. The first-order valence-corrected chi connectivity index (χ1v) is 8.24. The molecule has 3 aromatic rings. The number of nitrogens with zero attached hydrogens (tertiary/aromatic N) is 3. The van der Waals surface area contributed by atoms with E-state index in [2.05, 4.69) is 20.5 Å². The van der Waals surface area contributed by atoms with E-state index >= 15 is 0 Å². The minimum absolute atomic E-state index is 0.0882. The molecule has 25 heavy (non-hydrogen) atoms. The molecule has 0 saturated heterocycles. The molecular formula is C16H16N4O4S. The molecule has 1 aromatic carbocycles. The van der Waals surface area contributed by atoms with Crippen LogP contribution in [-0.4, -0.2) is 35.3 Å². The molecule has 0 aliphatic rings. The van der Waals surface area contributed by atoms with E-state index in [0.29, 0.717) is 28.8 Å². The minimum atomic E-state index is -0.358. The standard InChI is InChI=1S/C16H16N4O4S/c1-9-14(25-8-18-9)16-20-19-12(24-16)7-17-15(21)13-10(22-2)5-4-6-11(13)23-3/h4-6,8H,7H2,1-3H3,(H,17,21). The number of hydrogen-bond donors (Lipinski definition) is 1. The molecule has 0 fully saturated rings. The maximum atomic E-state index is 12.5. The average molecular weight is 360 g/mol. The van der Waals surface area contributed by atoms with Crippen molar-refractivity contribution in [1.82, 2.24) is 20.5 Å². The number of carbonyl (C=O) groups excluding carboxylic acids is 1. The zero-order valence-electron chi connectivity index (χ0n) is 13.9. The number of thiazole rings is 1. The number of nitrogens with one attached hydrogen (secondary N) is 1. The van der Waals surface area contributed by atoms with E-state index in [9.17, 15) is 4.79 Å². The summed E-state index contributed by atoms with van der Waals surface area (Å²) in [4.78, 5) is 17.5. The summed E-state index contributed by atoms with van der Waals surface area (Å²) in [5.74, 6) is 1.17. The van der Waals surface area contributed by atoms with Crippen LogP contribution in [0, 0.1) is 6.92 Å². The summed E-state index contributed by atoms with van der Waals surface area (Å²) in [7, 11) is 2.99. The van der Waals surface area contributed by atoms with E-state index in [1.54, 1.807) is 23.7 Å². The summed E-state index contributed by atoms with van der Waals surface area (Å²) in [6.45, 7) is 1.95. The van der Waals surface area contributed by atoms with Crippen LogP contribution in [0.15, 0.2) is 28.1 Å². The predicted octanol–water partition coefficient (Wildman–Crippen LogP) is 2.45. The number of amides is 1. The molecular weight excluding hydrogens is 344 g/mol. The van der Waals surface area contributed by atoms with Crippen molar-refractivity contribution in [2.24, 2.45) is 0 Å². The summed E-state index contributed by atoms with van der Waals surface area (Å²) in [6.07, 6.45) is 0. The molecule has 0 atom stereocenters. The third-order valence-corrected chi connectivity index (χ3v) is 4.38. The summed E-state index contributed by atoms with van der Waals surface area (Å²) in [5.41, 5.74) is 2.85. The second kappa shape index (κ2) is 7.31. The van der Waals surface area contributed by atoms with Gasteiger partial charge in [-0.3, -0.25) is 4.79 Å². The monoisotopic (exact) mass is 360 g/mol. The Hall–Kier alpha value is -2.94. The van der Waals surface area contributed by atoms with E-state index in [4.69, 9.17) is 13.9 Å². The van der Waals surface area contributed by atoms with Gasteiger partial charge in [0.15, 0.2) is 0 Å². The number of aryl methyl sites for hydroxylation is 1. The highest BCUT2D eigenvalue weighted by atomic mass is 32.1. The Balaban J connectivity index is 1.74. The summed E-state index contributed by atoms with van der Waals surface area (Å²) in [6, 6.07) is 5.12. The third kappa shape index (κ3) is 3.45. The number of methoxy groups -OCH3 is 2. The molecule has 0 unspecified atom stereocenters. The SMILES string of the molecule is COc1cccc(OC)c1C(=O)NCc1nnc(-c2scnc2C)o1. The number of aromatic nitrogens is 3. The Morgan fingerprint density at radius 3 is 2.56 bits per heavy atom. The molecule has 0 bridgehead atoms. The smallest absolute Gasteiger partial charge is 0.259 e. The molecule has 2 heterocycles. The maximum Gasteiger partial charge on any atom is 0.259 e. The quantitative estimate of drug-likeness (QED) is 0.721. The molecule has 1 N–H and O–H groups in total. The molecule has 0 radical (unpaired) electrons. The van der Waals surface area contributed by atoms with Gasteiger partial charge in [0, 0.05) is 0 Å². The van der Waals surface area contributed by atoms with Gasteiger partial charge >= 0.3 is 0 Å². The van der Waals surface area contributed by atoms with E-state index in [1.807, 2.05) is 6.92 Å². The van der Waals surface area contributed by atoms with E-state index < -0.39 is 0 Å². The van der Waals surface area contributed by atoms with E-state index in [1.165, 1.54) is 25.6 Å². The molecule has 8 nitrogen and oxygen atoms in total. The van der Waals surface area contributed by atoms with Gasteiger partial charge in [0.1, 0.15) is 21.9 Å². The van der Waals surface area contributed by atoms with Crippen LogP contribution in [0.2, 0.25) is 0 Å². The van der Waals surface area contributed by atoms with Crippen molar-refractivity contribution in [3.05, 3.63) is 40.9 Å². The van der Waals surface area contributed by atoms with Crippen LogP contribution < -0.4 is 14.8 Å². The van der Waals surface area contributed by atoms with Crippen LogP contribution in [0.3, 0.4) is 0 Å². The average Bonchev–Trinajstić information content (AvgIpc) is 3.27. The van der Waals surface area contributed by atoms with Crippen LogP contribution in [0.1, 0.15) is 21.9 Å². The zero-order chi connectivity index (χ0) is 17.8. The Morgan fingerprint density at radius 1 is 1.24 bits per heavy atom. The molecule has 130 valence electrons. The van der Waals surface area contributed by atoms with Gasteiger partial charge in [-0.05, 0) is 19.1 Å². The second-order valence-electron chi connectivity index (χ2n) is 4.99. The van der Waals surface area contributed by atoms with Crippen molar-refractivity contribution in [2.45, 2.75) is 13.5 Å². The van der Waals surface area contributed by atoms with Gasteiger partial charge in [0.2, 0.25) is 5.89 Å². The first kappa shape index (κ1) is 16.9. The van der Waals surface area contributed by atoms with Crippen LogP contribution >= 0.6 is 11.3 Å². The summed E-state index contributed by atoms with van der Waals surface area (Å²) < 4.78 is 16.0. The normalized spacial score (nSPS) is 10.5. The number of benzene rings is 1. The van der Waals surface area contributed by atoms with Crippen molar-refractivity contribution in [2.75, 3.05) is 14.2 Å². The first-order chi connectivity index (χ1) is 12.1. The lowest BCUT2D eigenvalue weighted by molar-refractivity contribution is 0.0941. The highest BCUT2D eigenvalue weighted by Crippen LogP contribution is 2.28. The second-order valence-corrected chi connectivity index (χ2v) is 5.84. The Bertz CT molecular complexity index is 868. The lowest BCUT2D eigenvalue weighted by Gasteiger charge is -2.12. The zero-order valence-corrected chi connectivity index (χ0v) is 14.7. The molecule has 9 heteroatoms. The first-order valence-electron chi connectivity index (χ1n) is 7.36. The molecule has 0 spiro atoms. The van der Waals surface area contributed by atoms with Crippen LogP contribution in [0.25, 0.3) is 10.8 Å². The Morgan fingerprint density at radius 2 is 1.96 bits per heavy atom. The van der Waals surface area contributed by atoms with Gasteiger partial charge in [-0.15, -0.1) is 21.5 Å². The minimum Gasteiger partial charge on any atom is -0.496 e. The topological polar surface area (TPSA) is 99.4 Å². The van der Waals surface area contributed by atoms with E-state index in [0.717, 1.165) is 10.6 Å². The van der Waals surface area contributed by atoms with Crippen LogP contribution in [0.5, 0.6) is 11.5 Å². The third-order valence-electron chi connectivity index (χ3n) is 3.46. The van der Waals surface area contributed by atoms with Crippen LogP contribution in [-0.2, 0) is 6.54 Å². The Labute approximate surface area is 147 Å². The van der Waals surface area contributed by atoms with Crippen molar-refractivity contribution >= 4 is 17.2 Å². The maximum absolute atomic E-state index is 12.5. The highest BCUT2D eigenvalue weighted by molar-refractivity contribution is 7.13. The number of carbonyl (C=O) groups is 1. The number of rotatable bonds is 6. The lowest BCUT2D eigenvalue weighted by Crippen LogP contribution is -2.24. The molecule has 3 rings (SSSR count). The number of ether oxygens (including phenoxy) is 2. The summed E-state index contributed by atoms with van der Waals surface area (Å²) in [5, 5.41) is 10.7. The fourth-order valence-corrected chi connectivity index (χ4v) is 2.97. The fourth-order valence-electron chi connectivity index (χ4n) is 2.24. The molecule has 2 aromatic heterocycles. The highest BCUT2D eigenvalue weighted by Gasteiger charge is 2.19. The van der Waals surface area contributed by atoms with Crippen molar-refractivity contribution in [1.29, 1.82) is 0 Å². The van der Waals surface area contributed by atoms with Gasteiger partial charge in [-0.1, -0.05) is 6.07 Å². The molecule has 0 saturated carbocycles. The van der Waals surface area contributed by atoms with E-state index in [-0.39, 0.29) is 12.5 Å². The number of hydrogen-bond acceptors (Lipinski definition) is 8. The predicted molar refractivity (Wildman–Crippen MR) is 90.9 cm³/mol. The lowest BCUT2D eigenvalue weighted by atomic mass is 10.1. The van der Waals surface area contributed by atoms with Gasteiger partial charge in [-0.2, -0.15) is 0 Å². The molecule has 0 aliphatic heterocycles. The van der Waals surface area contributed by atoms with Crippen molar-refractivity contribution in [3.8, 4) is 22.3 Å². The van der Waals surface area contributed by atoms with Crippen LogP contribution in [0.4, 0.5) is 0 Å². The van der Waals surface area contributed by atoms with Gasteiger partial charge in [0.05, 0.1) is 32.0 Å². The Kier molecular flexibility index (Phi) is 4.94. The van der Waals surface area contributed by atoms with Gasteiger partial charge in [-0.25, -0.2) is 4.98 Å². The van der Waals surface area contributed by atoms with Crippen molar-refractivity contribution < 1.29 is 18.7 Å². The van der Waals surface area contributed by atoms with Gasteiger partial charge < -0.3 is 19.2 Å². The van der Waals surface area contributed by atoms with Gasteiger partial charge in [0.25, 0.3) is 11.8 Å². The summed E-state index contributed by atoms with van der Waals surface area (Å²) >= 11 is 1.42. The molecule has 1 amide bonds.